The molecule has 2 aliphatic rings. The molecule has 1 amide bonds. The van der Waals surface area contributed by atoms with Gasteiger partial charge in [0.05, 0.1) is 18.8 Å². The van der Waals surface area contributed by atoms with E-state index in [1.54, 1.807) is 0 Å². The Morgan fingerprint density at radius 3 is 2.00 bits per heavy atom. The van der Waals surface area contributed by atoms with E-state index in [4.69, 9.17) is 9.47 Å². The van der Waals surface area contributed by atoms with Gasteiger partial charge in [0.2, 0.25) is 0 Å². The number of nitrogens with zero attached hydrogens (tertiary/aromatic N) is 1. The smallest absolute Gasteiger partial charge is 0.257 e. The molecule has 0 aromatic rings. The van der Waals surface area contributed by atoms with Crippen LogP contribution in [-0.2, 0) is 14.3 Å². The van der Waals surface area contributed by atoms with Gasteiger partial charge >= 0.3 is 0 Å². The molecule has 0 N–H and O–H groups in total. The third-order valence-corrected chi connectivity index (χ3v) is 7.53. The Hall–Kier alpha value is -0.260. The molecule has 0 spiro atoms. The number of amides is 1. The largest absolute Gasteiger partial charge is 0.359 e. The van der Waals surface area contributed by atoms with Gasteiger partial charge in [-0.05, 0) is 38.7 Å². The summed E-state index contributed by atoms with van der Waals surface area (Å²) in [7, 11) is 0. The first kappa shape index (κ1) is 27.0. The Balaban J connectivity index is 1.48. The molecule has 2 saturated heterocycles. The van der Waals surface area contributed by atoms with Crippen LogP contribution in [0.1, 0.15) is 117 Å². The first-order chi connectivity index (χ1) is 15.0. The van der Waals surface area contributed by atoms with Crippen LogP contribution in [-0.4, -0.2) is 53.4 Å². The molecule has 0 aromatic carbocycles. The Kier molecular flexibility index (Phi) is 12.9. The van der Waals surface area contributed by atoms with Crippen LogP contribution in [0.5, 0.6) is 0 Å². The fourth-order valence-electron chi connectivity index (χ4n) is 4.88. The maximum Gasteiger partial charge on any atom is 0.257 e. The predicted molar refractivity (Wildman–Crippen MR) is 133 cm³/mol. The van der Waals surface area contributed by atoms with Gasteiger partial charge in [-0.3, -0.25) is 4.79 Å². The van der Waals surface area contributed by atoms with Crippen molar-refractivity contribution in [2.24, 2.45) is 0 Å². The summed E-state index contributed by atoms with van der Waals surface area (Å²) in [4.78, 5) is 15.0. The molecular formula is C26H49NO3S. The Morgan fingerprint density at radius 1 is 0.903 bits per heavy atom. The highest BCUT2D eigenvalue weighted by molar-refractivity contribution is 7.98. The lowest BCUT2D eigenvalue weighted by atomic mass is 10.0. The van der Waals surface area contributed by atoms with Gasteiger partial charge < -0.3 is 14.4 Å². The summed E-state index contributed by atoms with van der Waals surface area (Å²) in [5.41, 5.74) is -0.508. The average Bonchev–Trinajstić information content (AvgIpc) is 3.45. The molecule has 2 aliphatic heterocycles. The summed E-state index contributed by atoms with van der Waals surface area (Å²) in [6.45, 7) is 6.94. The van der Waals surface area contributed by atoms with E-state index in [9.17, 15) is 4.79 Å². The summed E-state index contributed by atoms with van der Waals surface area (Å²) in [5.74, 6) is 1.20. The minimum atomic E-state index is -0.508. The quantitative estimate of drug-likeness (QED) is 0.166. The van der Waals surface area contributed by atoms with E-state index in [1.807, 2.05) is 30.5 Å². The van der Waals surface area contributed by atoms with Crippen LogP contribution >= 0.6 is 11.8 Å². The zero-order valence-corrected chi connectivity index (χ0v) is 21.6. The van der Waals surface area contributed by atoms with Crippen LogP contribution in [0, 0.1) is 0 Å². The van der Waals surface area contributed by atoms with Crippen molar-refractivity contribution in [2.75, 3.05) is 18.6 Å². The van der Waals surface area contributed by atoms with Crippen molar-refractivity contribution >= 4 is 17.7 Å². The molecular weight excluding hydrogens is 406 g/mol. The molecule has 4 nitrogen and oxygen atoms in total. The second-order valence-corrected chi connectivity index (χ2v) is 11.0. The van der Waals surface area contributed by atoms with Crippen molar-refractivity contribution in [3.63, 3.8) is 0 Å². The number of rotatable bonds is 18. The number of epoxide rings is 1. The monoisotopic (exact) mass is 455 g/mol. The molecule has 2 heterocycles. The van der Waals surface area contributed by atoms with Gasteiger partial charge in [-0.15, -0.1) is 0 Å². The molecule has 31 heavy (non-hydrogen) atoms. The third-order valence-electron chi connectivity index (χ3n) is 6.88. The van der Waals surface area contributed by atoms with Crippen molar-refractivity contribution in [3.05, 3.63) is 0 Å². The van der Waals surface area contributed by atoms with Crippen molar-refractivity contribution < 1.29 is 14.3 Å². The zero-order valence-electron chi connectivity index (χ0n) is 20.8. The standard InChI is InChI=1S/C26H49NO3S/c1-5-6-7-8-9-10-11-12-13-14-15-16-17-18-23-24(30-23)25(28)27-22(19-20-31-4)21-29-26(27,2)3/h22-24H,5-21H2,1-4H3/t22-,23+,24-/m0/s1. The van der Waals surface area contributed by atoms with Crippen LogP contribution in [0.25, 0.3) is 0 Å². The minimum absolute atomic E-state index is 0.137. The van der Waals surface area contributed by atoms with Crippen molar-refractivity contribution in [1.82, 2.24) is 4.90 Å². The highest BCUT2D eigenvalue weighted by atomic mass is 32.2. The van der Waals surface area contributed by atoms with Crippen molar-refractivity contribution in [2.45, 2.75) is 141 Å². The van der Waals surface area contributed by atoms with Crippen molar-refractivity contribution in [3.8, 4) is 0 Å². The molecule has 3 atom stereocenters. The summed E-state index contributed by atoms with van der Waals surface area (Å²) < 4.78 is 11.7. The van der Waals surface area contributed by atoms with Crippen LogP contribution in [0.15, 0.2) is 0 Å². The van der Waals surface area contributed by atoms with Gasteiger partial charge in [-0.1, -0.05) is 90.4 Å². The average molecular weight is 456 g/mol. The summed E-state index contributed by atoms with van der Waals surface area (Å²) in [6, 6.07) is 0.191. The number of thioether (sulfide) groups is 1. The minimum Gasteiger partial charge on any atom is -0.359 e. The maximum atomic E-state index is 13.1. The number of hydrogen-bond donors (Lipinski definition) is 0. The lowest BCUT2D eigenvalue weighted by molar-refractivity contribution is -0.147. The lowest BCUT2D eigenvalue weighted by Gasteiger charge is -2.33. The number of unbranched alkanes of at least 4 members (excludes halogenated alkanes) is 12. The maximum absolute atomic E-state index is 13.1. The summed E-state index contributed by atoms with van der Waals surface area (Å²) in [6.07, 6.45) is 21.9. The third kappa shape index (κ3) is 9.63. The molecule has 5 heteroatoms. The first-order valence-electron chi connectivity index (χ1n) is 13.1. The normalized spacial score (nSPS) is 24.6. The predicted octanol–water partition coefficient (Wildman–Crippen LogP) is 6.95. The fourth-order valence-corrected chi connectivity index (χ4v) is 5.38. The lowest BCUT2D eigenvalue weighted by Crippen LogP contribution is -2.50. The molecule has 0 unspecified atom stereocenters. The van der Waals surface area contributed by atoms with E-state index in [-0.39, 0.29) is 24.2 Å². The summed E-state index contributed by atoms with van der Waals surface area (Å²) in [5, 5.41) is 0. The molecule has 0 radical (unpaired) electrons. The van der Waals surface area contributed by atoms with E-state index >= 15 is 0 Å². The Bertz CT molecular complexity index is 499. The van der Waals surface area contributed by atoms with Gasteiger partial charge in [0.15, 0.2) is 6.10 Å². The second-order valence-electron chi connectivity index (χ2n) is 10.0. The van der Waals surface area contributed by atoms with Gasteiger partial charge in [-0.25, -0.2) is 0 Å². The van der Waals surface area contributed by atoms with Gasteiger partial charge in [0, 0.05) is 0 Å². The molecule has 2 fully saturated rings. The topological polar surface area (TPSA) is 42.1 Å². The second kappa shape index (κ2) is 14.8. The van der Waals surface area contributed by atoms with Gasteiger partial charge in [0.1, 0.15) is 5.72 Å². The molecule has 0 saturated carbocycles. The summed E-state index contributed by atoms with van der Waals surface area (Å²) >= 11 is 1.83. The van der Waals surface area contributed by atoms with Crippen LogP contribution < -0.4 is 0 Å². The van der Waals surface area contributed by atoms with E-state index in [0.29, 0.717) is 6.61 Å². The van der Waals surface area contributed by atoms with Crippen LogP contribution in [0.2, 0.25) is 0 Å². The Labute approximate surface area is 196 Å². The highest BCUT2D eigenvalue weighted by Gasteiger charge is 2.53. The van der Waals surface area contributed by atoms with Gasteiger partial charge in [-0.2, -0.15) is 11.8 Å². The van der Waals surface area contributed by atoms with E-state index < -0.39 is 5.72 Å². The number of carbonyl (C=O) groups excluding carboxylic acids is 1. The SMILES string of the molecule is CCCCCCCCCCCCCCC[C@H]1O[C@@H]1C(=O)N1[C@@H](CCSC)COC1(C)C. The molecule has 182 valence electrons. The number of carbonyl (C=O) groups is 1. The zero-order chi connectivity index (χ0) is 22.5. The molecule has 0 aromatic heterocycles. The first-order valence-corrected chi connectivity index (χ1v) is 14.5. The number of ether oxygens (including phenoxy) is 2. The van der Waals surface area contributed by atoms with Crippen molar-refractivity contribution in [1.29, 1.82) is 0 Å². The molecule has 2 rings (SSSR count). The van der Waals surface area contributed by atoms with E-state index in [1.165, 1.54) is 83.5 Å². The highest BCUT2D eigenvalue weighted by Crippen LogP contribution is 2.36. The fraction of sp³-hybridized carbons (Fsp3) is 0.962. The van der Waals surface area contributed by atoms with E-state index in [0.717, 1.165) is 18.6 Å². The van der Waals surface area contributed by atoms with Crippen LogP contribution in [0.3, 0.4) is 0 Å². The molecule has 0 bridgehead atoms. The van der Waals surface area contributed by atoms with Crippen LogP contribution in [0.4, 0.5) is 0 Å². The van der Waals surface area contributed by atoms with Gasteiger partial charge in [0.25, 0.3) is 5.91 Å². The Morgan fingerprint density at radius 2 is 1.45 bits per heavy atom. The van der Waals surface area contributed by atoms with E-state index in [2.05, 4.69) is 13.2 Å². The number of hydrogen-bond acceptors (Lipinski definition) is 4. The molecule has 0 aliphatic carbocycles.